The van der Waals surface area contributed by atoms with E-state index in [1.54, 1.807) is 12.3 Å². The molecule has 0 aliphatic carbocycles. The van der Waals surface area contributed by atoms with E-state index in [0.29, 0.717) is 30.7 Å². The zero-order chi connectivity index (χ0) is 12.0. The van der Waals surface area contributed by atoms with Crippen molar-refractivity contribution in [1.82, 2.24) is 4.98 Å². The number of halogens is 1. The Labute approximate surface area is 104 Å². The highest BCUT2D eigenvalue weighted by atomic mass is 79.9. The van der Waals surface area contributed by atoms with Crippen molar-refractivity contribution in [2.45, 2.75) is 13.8 Å². The predicted octanol–water partition coefficient (Wildman–Crippen LogP) is 2.48. The number of nitrogens with two attached hydrogens (primary N) is 1. The average Bonchev–Trinajstić information content (AvgIpc) is 2.20. The van der Waals surface area contributed by atoms with Crippen LogP contribution in [0, 0.1) is 5.92 Å². The van der Waals surface area contributed by atoms with Crippen LogP contribution in [-0.2, 0) is 4.74 Å². The van der Waals surface area contributed by atoms with Crippen molar-refractivity contribution >= 4 is 21.6 Å². The van der Waals surface area contributed by atoms with Gasteiger partial charge in [0.1, 0.15) is 6.61 Å². The predicted molar refractivity (Wildman–Crippen MR) is 67.5 cm³/mol. The Kier molecular flexibility index (Phi) is 5.55. The smallest absolute Gasteiger partial charge is 0.237 e. The highest BCUT2D eigenvalue weighted by Crippen LogP contribution is 2.21. The number of nitrogens with zero attached hydrogens (tertiary/aromatic N) is 1. The molecule has 0 unspecified atom stereocenters. The molecule has 90 valence electrons. The number of aromatic nitrogens is 1. The first kappa shape index (κ1) is 13.3. The van der Waals surface area contributed by atoms with Crippen LogP contribution in [0.2, 0.25) is 0 Å². The largest absolute Gasteiger partial charge is 0.474 e. The molecule has 0 radical (unpaired) electrons. The Morgan fingerprint density at radius 3 is 2.81 bits per heavy atom. The third-order valence-electron chi connectivity index (χ3n) is 1.76. The van der Waals surface area contributed by atoms with Gasteiger partial charge in [-0.2, -0.15) is 0 Å². The third kappa shape index (κ3) is 4.81. The van der Waals surface area contributed by atoms with Crippen molar-refractivity contribution in [3.8, 4) is 5.88 Å². The summed E-state index contributed by atoms with van der Waals surface area (Å²) in [6, 6.07) is 1.76. The molecule has 0 aliphatic heterocycles. The zero-order valence-electron chi connectivity index (χ0n) is 9.57. The third-order valence-corrected chi connectivity index (χ3v) is 2.20. The summed E-state index contributed by atoms with van der Waals surface area (Å²) < 4.78 is 11.6. The van der Waals surface area contributed by atoms with Gasteiger partial charge in [-0.25, -0.2) is 4.98 Å². The molecule has 1 heterocycles. The van der Waals surface area contributed by atoms with Gasteiger partial charge < -0.3 is 15.2 Å². The Morgan fingerprint density at radius 1 is 1.44 bits per heavy atom. The fourth-order valence-electron chi connectivity index (χ4n) is 1.08. The van der Waals surface area contributed by atoms with E-state index >= 15 is 0 Å². The normalized spacial score (nSPS) is 10.8. The first-order valence-corrected chi connectivity index (χ1v) is 6.00. The zero-order valence-corrected chi connectivity index (χ0v) is 11.2. The maximum Gasteiger partial charge on any atom is 0.237 e. The summed E-state index contributed by atoms with van der Waals surface area (Å²) in [6.07, 6.45) is 1.65. The minimum atomic E-state index is 0.455. The molecule has 0 fully saturated rings. The fourth-order valence-corrected chi connectivity index (χ4v) is 1.43. The van der Waals surface area contributed by atoms with Gasteiger partial charge in [-0.15, -0.1) is 0 Å². The fraction of sp³-hybridized carbons (Fsp3) is 0.545. The summed E-state index contributed by atoms with van der Waals surface area (Å²) in [5.74, 6) is 0.993. The van der Waals surface area contributed by atoms with Gasteiger partial charge in [0.05, 0.1) is 12.3 Å². The van der Waals surface area contributed by atoms with Crippen LogP contribution >= 0.6 is 15.9 Å². The number of hydrogen-bond donors (Lipinski definition) is 1. The van der Waals surface area contributed by atoms with E-state index in [-0.39, 0.29) is 0 Å². The van der Waals surface area contributed by atoms with Gasteiger partial charge in [0.2, 0.25) is 5.88 Å². The number of anilines is 1. The van der Waals surface area contributed by atoms with E-state index in [4.69, 9.17) is 15.2 Å². The van der Waals surface area contributed by atoms with E-state index in [1.165, 1.54) is 0 Å². The molecule has 0 atom stereocenters. The second kappa shape index (κ2) is 6.70. The number of ether oxygens (including phenoxy) is 2. The van der Waals surface area contributed by atoms with Crippen molar-refractivity contribution in [3.63, 3.8) is 0 Å². The van der Waals surface area contributed by atoms with Crippen molar-refractivity contribution < 1.29 is 9.47 Å². The molecule has 0 amide bonds. The maximum absolute atomic E-state index is 5.73. The van der Waals surface area contributed by atoms with Crippen LogP contribution in [0.1, 0.15) is 13.8 Å². The monoisotopic (exact) mass is 288 g/mol. The van der Waals surface area contributed by atoms with Crippen LogP contribution in [0.5, 0.6) is 5.88 Å². The van der Waals surface area contributed by atoms with Crippen LogP contribution in [0.4, 0.5) is 5.69 Å². The van der Waals surface area contributed by atoms with Gasteiger partial charge >= 0.3 is 0 Å². The van der Waals surface area contributed by atoms with Gasteiger partial charge in [-0.05, 0) is 27.9 Å². The Balaban J connectivity index is 2.27. The number of nitrogen functional groups attached to an aromatic ring is 1. The van der Waals surface area contributed by atoms with E-state index in [2.05, 4.69) is 34.8 Å². The summed E-state index contributed by atoms with van der Waals surface area (Å²) in [5.41, 5.74) is 6.25. The van der Waals surface area contributed by atoms with Crippen molar-refractivity contribution in [2.24, 2.45) is 5.92 Å². The van der Waals surface area contributed by atoms with E-state index in [9.17, 15) is 0 Å². The molecule has 0 spiro atoms. The van der Waals surface area contributed by atoms with Gasteiger partial charge in [0, 0.05) is 17.3 Å². The second-order valence-corrected chi connectivity index (χ2v) is 4.78. The quantitative estimate of drug-likeness (QED) is 0.817. The minimum absolute atomic E-state index is 0.455. The number of pyridine rings is 1. The molecular formula is C11H17BrN2O2. The molecule has 4 nitrogen and oxygen atoms in total. The Bertz CT molecular complexity index is 332. The topological polar surface area (TPSA) is 57.4 Å². The first-order chi connectivity index (χ1) is 7.59. The van der Waals surface area contributed by atoms with Crippen molar-refractivity contribution in [3.05, 3.63) is 16.7 Å². The number of hydrogen-bond acceptors (Lipinski definition) is 4. The van der Waals surface area contributed by atoms with Crippen LogP contribution < -0.4 is 10.5 Å². The molecule has 0 saturated heterocycles. The second-order valence-electron chi connectivity index (χ2n) is 3.87. The van der Waals surface area contributed by atoms with Gasteiger partial charge in [-0.3, -0.25) is 0 Å². The molecule has 1 aromatic heterocycles. The Morgan fingerprint density at radius 2 is 2.19 bits per heavy atom. The lowest BCUT2D eigenvalue weighted by Gasteiger charge is -2.09. The van der Waals surface area contributed by atoms with Crippen LogP contribution in [0.15, 0.2) is 16.7 Å². The molecule has 16 heavy (non-hydrogen) atoms. The molecule has 0 saturated carbocycles. The van der Waals surface area contributed by atoms with Crippen LogP contribution in [0.25, 0.3) is 0 Å². The lowest BCUT2D eigenvalue weighted by atomic mass is 10.2. The van der Waals surface area contributed by atoms with E-state index < -0.39 is 0 Å². The summed E-state index contributed by atoms with van der Waals surface area (Å²) in [4.78, 5) is 4.06. The molecule has 1 rings (SSSR count). The van der Waals surface area contributed by atoms with Crippen LogP contribution in [-0.4, -0.2) is 24.8 Å². The van der Waals surface area contributed by atoms with Crippen molar-refractivity contribution in [1.29, 1.82) is 0 Å². The molecule has 1 aromatic rings. The maximum atomic E-state index is 5.73. The molecule has 5 heteroatoms. The first-order valence-electron chi connectivity index (χ1n) is 5.21. The number of rotatable bonds is 6. The van der Waals surface area contributed by atoms with Crippen LogP contribution in [0.3, 0.4) is 0 Å². The minimum Gasteiger partial charge on any atom is -0.474 e. The molecular weight excluding hydrogens is 272 g/mol. The summed E-state index contributed by atoms with van der Waals surface area (Å²) in [5, 5.41) is 0. The Hall–Kier alpha value is -0.810. The van der Waals surface area contributed by atoms with E-state index in [0.717, 1.165) is 11.1 Å². The van der Waals surface area contributed by atoms with Crippen molar-refractivity contribution in [2.75, 3.05) is 25.6 Å². The SMILES string of the molecule is CC(C)COCCOc1ncc(Br)cc1N. The highest BCUT2D eigenvalue weighted by Gasteiger charge is 2.02. The summed E-state index contributed by atoms with van der Waals surface area (Å²) >= 11 is 3.28. The molecule has 2 N–H and O–H groups in total. The summed E-state index contributed by atoms with van der Waals surface area (Å²) in [7, 11) is 0. The van der Waals surface area contributed by atoms with E-state index in [1.807, 2.05) is 0 Å². The lowest BCUT2D eigenvalue weighted by molar-refractivity contribution is 0.0808. The average molecular weight is 289 g/mol. The highest BCUT2D eigenvalue weighted by molar-refractivity contribution is 9.10. The van der Waals surface area contributed by atoms with Gasteiger partial charge in [0.15, 0.2) is 0 Å². The van der Waals surface area contributed by atoms with Gasteiger partial charge in [-0.1, -0.05) is 13.8 Å². The molecule has 0 aliphatic rings. The van der Waals surface area contributed by atoms with Gasteiger partial charge in [0.25, 0.3) is 0 Å². The lowest BCUT2D eigenvalue weighted by Crippen LogP contribution is -2.11. The molecule has 0 bridgehead atoms. The standard InChI is InChI=1S/C11H17BrN2O2/c1-8(2)7-15-3-4-16-11-10(13)5-9(12)6-14-11/h5-6,8H,3-4,7,13H2,1-2H3. The summed E-state index contributed by atoms with van der Waals surface area (Å²) in [6.45, 7) is 5.97. The molecule has 0 aromatic carbocycles.